The van der Waals surface area contributed by atoms with Crippen LogP contribution in [0.25, 0.3) is 0 Å². The number of nitrogens with one attached hydrogen (secondary N) is 1. The molecule has 2 heterocycles. The molecule has 0 radical (unpaired) electrons. The molecule has 1 aliphatic rings. The zero-order chi connectivity index (χ0) is 11.4. The van der Waals surface area contributed by atoms with E-state index in [-0.39, 0.29) is 18.7 Å². The Morgan fingerprint density at radius 1 is 1.69 bits per heavy atom. The number of pyridine rings is 1. The van der Waals surface area contributed by atoms with E-state index in [1.54, 1.807) is 29.4 Å². The highest BCUT2D eigenvalue weighted by molar-refractivity contribution is 5.89. The molecule has 1 aromatic heterocycles. The summed E-state index contributed by atoms with van der Waals surface area (Å²) in [5.74, 6) is 0. The van der Waals surface area contributed by atoms with Gasteiger partial charge in [0, 0.05) is 12.7 Å². The summed E-state index contributed by atoms with van der Waals surface area (Å²) in [6, 6.07) is 3.35. The fraction of sp³-hybridized carbons (Fsp3) is 0.455. The number of urea groups is 1. The Bertz CT molecular complexity index is 356. The lowest BCUT2D eigenvalue weighted by molar-refractivity contribution is 0.166. The molecule has 0 bridgehead atoms. The number of hydrogen-bond donors (Lipinski definition) is 2. The number of aromatic nitrogens is 1. The second-order valence-corrected chi connectivity index (χ2v) is 3.84. The molecule has 1 fully saturated rings. The second kappa shape index (κ2) is 4.94. The first-order chi connectivity index (χ1) is 7.81. The van der Waals surface area contributed by atoms with E-state index in [9.17, 15) is 4.79 Å². The minimum atomic E-state index is -0.162. The summed E-state index contributed by atoms with van der Waals surface area (Å²) in [5.41, 5.74) is 0.677. The van der Waals surface area contributed by atoms with Gasteiger partial charge in [0.15, 0.2) is 0 Å². The van der Waals surface area contributed by atoms with Crippen molar-refractivity contribution in [1.82, 2.24) is 9.88 Å². The summed E-state index contributed by atoms with van der Waals surface area (Å²) in [6.07, 6.45) is 5.08. The van der Waals surface area contributed by atoms with E-state index in [1.807, 2.05) is 0 Å². The number of amides is 2. The van der Waals surface area contributed by atoms with Crippen molar-refractivity contribution in [2.24, 2.45) is 0 Å². The van der Waals surface area contributed by atoms with Crippen LogP contribution in [-0.2, 0) is 0 Å². The fourth-order valence-electron chi connectivity index (χ4n) is 1.92. The Labute approximate surface area is 94.1 Å². The molecule has 5 heteroatoms. The Morgan fingerprint density at radius 3 is 3.25 bits per heavy atom. The molecule has 1 aromatic rings. The molecule has 2 amide bonds. The van der Waals surface area contributed by atoms with Crippen molar-refractivity contribution in [1.29, 1.82) is 0 Å². The molecular formula is C11H15N3O2. The fourth-order valence-corrected chi connectivity index (χ4v) is 1.92. The smallest absolute Gasteiger partial charge is 0.322 e. The first kappa shape index (κ1) is 10.9. The van der Waals surface area contributed by atoms with Crippen LogP contribution >= 0.6 is 0 Å². The van der Waals surface area contributed by atoms with Gasteiger partial charge < -0.3 is 15.3 Å². The van der Waals surface area contributed by atoms with Crippen molar-refractivity contribution in [3.8, 4) is 0 Å². The van der Waals surface area contributed by atoms with Crippen molar-refractivity contribution in [2.75, 3.05) is 18.5 Å². The molecule has 2 N–H and O–H groups in total. The number of aliphatic hydroxyl groups excluding tert-OH is 1. The Balaban J connectivity index is 1.98. The zero-order valence-electron chi connectivity index (χ0n) is 8.97. The second-order valence-electron chi connectivity index (χ2n) is 3.84. The predicted molar refractivity (Wildman–Crippen MR) is 60.1 cm³/mol. The Hall–Kier alpha value is -1.62. The van der Waals surface area contributed by atoms with Gasteiger partial charge in [-0.1, -0.05) is 0 Å². The number of rotatable bonds is 2. The topological polar surface area (TPSA) is 65.5 Å². The highest BCUT2D eigenvalue weighted by Gasteiger charge is 2.27. The first-order valence-electron chi connectivity index (χ1n) is 5.40. The van der Waals surface area contributed by atoms with Crippen LogP contribution in [0.2, 0.25) is 0 Å². The van der Waals surface area contributed by atoms with E-state index in [0.717, 1.165) is 12.8 Å². The van der Waals surface area contributed by atoms with Crippen molar-refractivity contribution >= 4 is 11.7 Å². The molecule has 86 valence electrons. The van der Waals surface area contributed by atoms with Crippen LogP contribution in [0.5, 0.6) is 0 Å². The van der Waals surface area contributed by atoms with E-state index in [4.69, 9.17) is 5.11 Å². The summed E-state index contributed by atoms with van der Waals surface area (Å²) in [4.78, 5) is 17.5. The van der Waals surface area contributed by atoms with Gasteiger partial charge in [-0.15, -0.1) is 0 Å². The standard InChI is InChI=1S/C11H15N3O2/c15-8-10-4-2-6-14(10)11(16)13-9-3-1-5-12-7-9/h1,3,5,7,10,15H,2,4,6,8H2,(H,13,16). The predicted octanol–water partition coefficient (Wildman–Crippen LogP) is 1.07. The number of likely N-dealkylation sites (tertiary alicyclic amines) is 1. The average molecular weight is 221 g/mol. The van der Waals surface area contributed by atoms with Gasteiger partial charge in [-0.25, -0.2) is 4.79 Å². The van der Waals surface area contributed by atoms with E-state index in [2.05, 4.69) is 10.3 Å². The van der Waals surface area contributed by atoms with Crippen molar-refractivity contribution in [3.63, 3.8) is 0 Å². The van der Waals surface area contributed by atoms with Gasteiger partial charge in [0.05, 0.1) is 24.5 Å². The molecule has 5 nitrogen and oxygen atoms in total. The summed E-state index contributed by atoms with van der Waals surface area (Å²) in [6.45, 7) is 0.734. The van der Waals surface area contributed by atoms with Gasteiger partial charge in [0.2, 0.25) is 0 Å². The zero-order valence-corrected chi connectivity index (χ0v) is 8.97. The summed E-state index contributed by atoms with van der Waals surface area (Å²) < 4.78 is 0. The van der Waals surface area contributed by atoms with Crippen LogP contribution in [0, 0.1) is 0 Å². The van der Waals surface area contributed by atoms with E-state index in [0.29, 0.717) is 12.2 Å². The highest BCUT2D eigenvalue weighted by Crippen LogP contribution is 2.17. The minimum absolute atomic E-state index is 0.0282. The maximum absolute atomic E-state index is 11.9. The van der Waals surface area contributed by atoms with Gasteiger partial charge >= 0.3 is 6.03 Å². The third-order valence-corrected chi connectivity index (χ3v) is 2.76. The van der Waals surface area contributed by atoms with Gasteiger partial charge in [0.25, 0.3) is 0 Å². The Morgan fingerprint density at radius 2 is 2.56 bits per heavy atom. The Kier molecular flexibility index (Phi) is 3.36. The molecule has 0 aliphatic carbocycles. The maximum Gasteiger partial charge on any atom is 0.322 e. The molecule has 0 saturated carbocycles. The molecule has 0 aromatic carbocycles. The van der Waals surface area contributed by atoms with Crippen LogP contribution in [0.1, 0.15) is 12.8 Å². The maximum atomic E-state index is 11.9. The SMILES string of the molecule is O=C(Nc1cccnc1)N1CCCC1CO. The lowest BCUT2D eigenvalue weighted by Gasteiger charge is -2.23. The van der Waals surface area contributed by atoms with Crippen LogP contribution in [0.3, 0.4) is 0 Å². The van der Waals surface area contributed by atoms with Crippen LogP contribution in [0.4, 0.5) is 10.5 Å². The monoisotopic (exact) mass is 221 g/mol. The molecule has 16 heavy (non-hydrogen) atoms. The lowest BCUT2D eigenvalue weighted by Crippen LogP contribution is -2.40. The number of anilines is 1. The van der Waals surface area contributed by atoms with Gasteiger partial charge in [-0.2, -0.15) is 0 Å². The number of carbonyl (C=O) groups is 1. The normalized spacial score (nSPS) is 19.8. The molecule has 1 atom stereocenters. The van der Waals surface area contributed by atoms with Crippen LogP contribution in [0.15, 0.2) is 24.5 Å². The third kappa shape index (κ3) is 2.30. The highest BCUT2D eigenvalue weighted by atomic mass is 16.3. The quantitative estimate of drug-likeness (QED) is 0.785. The number of nitrogens with zero attached hydrogens (tertiary/aromatic N) is 2. The average Bonchev–Trinajstić information content (AvgIpc) is 2.78. The number of carbonyl (C=O) groups excluding carboxylic acids is 1. The van der Waals surface area contributed by atoms with Crippen LogP contribution in [-0.4, -0.2) is 40.2 Å². The van der Waals surface area contributed by atoms with Gasteiger partial charge in [0.1, 0.15) is 0 Å². The molecule has 1 saturated heterocycles. The molecule has 0 spiro atoms. The lowest BCUT2D eigenvalue weighted by atomic mass is 10.2. The summed E-state index contributed by atoms with van der Waals surface area (Å²) >= 11 is 0. The van der Waals surface area contributed by atoms with Crippen molar-refractivity contribution in [2.45, 2.75) is 18.9 Å². The molecule has 2 rings (SSSR count). The van der Waals surface area contributed by atoms with Crippen molar-refractivity contribution in [3.05, 3.63) is 24.5 Å². The largest absolute Gasteiger partial charge is 0.394 e. The molecular weight excluding hydrogens is 206 g/mol. The van der Waals surface area contributed by atoms with E-state index < -0.39 is 0 Å². The number of aliphatic hydroxyl groups is 1. The minimum Gasteiger partial charge on any atom is -0.394 e. The van der Waals surface area contributed by atoms with E-state index in [1.165, 1.54) is 0 Å². The van der Waals surface area contributed by atoms with Gasteiger partial charge in [-0.05, 0) is 25.0 Å². The summed E-state index contributed by atoms with van der Waals surface area (Å²) in [7, 11) is 0. The molecule has 1 unspecified atom stereocenters. The van der Waals surface area contributed by atoms with Crippen LogP contribution < -0.4 is 5.32 Å². The number of hydrogen-bond acceptors (Lipinski definition) is 3. The summed E-state index contributed by atoms with van der Waals surface area (Å²) in [5, 5.41) is 11.9. The van der Waals surface area contributed by atoms with E-state index >= 15 is 0 Å². The van der Waals surface area contributed by atoms with Crippen molar-refractivity contribution < 1.29 is 9.90 Å². The van der Waals surface area contributed by atoms with Gasteiger partial charge in [-0.3, -0.25) is 4.98 Å². The molecule has 1 aliphatic heterocycles. The third-order valence-electron chi connectivity index (χ3n) is 2.76. The first-order valence-corrected chi connectivity index (χ1v) is 5.40.